The molecule has 6 rings (SSSR count). The molecule has 0 unspecified atom stereocenters. The number of carbonyl (C=O) groups excluding carboxylic acids is 2. The van der Waals surface area contributed by atoms with Crippen molar-refractivity contribution in [2.24, 2.45) is 0 Å². The molecule has 4 aromatic carbocycles. The van der Waals surface area contributed by atoms with Crippen LogP contribution in [0, 0.1) is 0 Å². The number of rotatable bonds is 0. The maximum Gasteiger partial charge on any atom is 0.195 e. The topological polar surface area (TPSA) is 74.6 Å². The number of hydrogen-bond acceptors (Lipinski definition) is 4. The van der Waals surface area contributed by atoms with E-state index in [2.05, 4.69) is 13.2 Å². The predicted molar refractivity (Wildman–Crippen MR) is 98.6 cm³/mol. The summed E-state index contributed by atoms with van der Waals surface area (Å²) in [5.74, 6) is -0.0470. The van der Waals surface area contributed by atoms with E-state index in [1.807, 2.05) is 0 Å². The number of allylic oxidation sites excluding steroid dienone is 1. The molecule has 0 aromatic heterocycles. The van der Waals surface area contributed by atoms with Crippen molar-refractivity contribution in [2.75, 3.05) is 0 Å². The minimum absolute atomic E-state index is 0.0643. The van der Waals surface area contributed by atoms with Crippen molar-refractivity contribution >= 4 is 50.8 Å². The molecule has 2 aliphatic rings. The van der Waals surface area contributed by atoms with E-state index in [0.29, 0.717) is 49.0 Å². The summed E-state index contributed by atoms with van der Waals surface area (Å²) in [5.41, 5.74) is 3.39. The minimum atomic E-state index is -0.151. The fourth-order valence-corrected chi connectivity index (χ4v) is 4.23. The van der Waals surface area contributed by atoms with Crippen LogP contribution in [0.15, 0.2) is 30.8 Å². The molecule has 2 N–H and O–H groups in total. The molecule has 0 spiro atoms. The molecule has 4 nitrogen and oxygen atoms in total. The van der Waals surface area contributed by atoms with E-state index >= 15 is 0 Å². The van der Waals surface area contributed by atoms with Crippen molar-refractivity contribution in [3.8, 4) is 11.5 Å². The molecule has 0 saturated heterocycles. The molecular formula is C22H10O4. The van der Waals surface area contributed by atoms with Crippen LogP contribution in [0.2, 0.25) is 0 Å². The highest BCUT2D eigenvalue weighted by molar-refractivity contribution is 6.44. The summed E-state index contributed by atoms with van der Waals surface area (Å²) in [6.07, 6.45) is 0. The zero-order valence-corrected chi connectivity index (χ0v) is 13.4. The summed E-state index contributed by atoms with van der Waals surface area (Å²) in [5, 5.41) is 24.3. The van der Waals surface area contributed by atoms with Crippen molar-refractivity contribution in [3.05, 3.63) is 63.5 Å². The summed E-state index contributed by atoms with van der Waals surface area (Å²) in [6, 6.07) is 6.97. The highest BCUT2D eigenvalue weighted by Gasteiger charge is 2.39. The van der Waals surface area contributed by atoms with Gasteiger partial charge in [-0.2, -0.15) is 0 Å². The number of aromatic hydroxyl groups is 2. The second kappa shape index (κ2) is 3.78. The standard InChI is InChI=1S/C22H10O4/c1-7-9-3-15-11(5-13(9)19(7)23)17(21(15)25)18-12-6-14-10(8(2)20(14)24)4-16(12)22(18)26/h3-6,23,25H,1-2H2/b18-17+. The summed E-state index contributed by atoms with van der Waals surface area (Å²) in [7, 11) is 0. The van der Waals surface area contributed by atoms with Gasteiger partial charge in [-0.1, -0.05) is 13.2 Å². The zero-order valence-electron chi connectivity index (χ0n) is 13.4. The van der Waals surface area contributed by atoms with E-state index in [0.717, 1.165) is 16.3 Å². The van der Waals surface area contributed by atoms with Crippen LogP contribution in [0.3, 0.4) is 0 Å². The molecule has 2 aliphatic carbocycles. The molecule has 4 heteroatoms. The van der Waals surface area contributed by atoms with Gasteiger partial charge in [-0.3, -0.25) is 9.59 Å². The first kappa shape index (κ1) is 13.6. The Morgan fingerprint density at radius 1 is 0.654 bits per heavy atom. The normalized spacial score (nSPS) is 17.6. The van der Waals surface area contributed by atoms with Crippen LogP contribution in [0.4, 0.5) is 0 Å². The molecule has 0 aliphatic heterocycles. The van der Waals surface area contributed by atoms with Gasteiger partial charge in [0.15, 0.2) is 11.6 Å². The van der Waals surface area contributed by atoms with Crippen molar-refractivity contribution in [3.63, 3.8) is 0 Å². The quantitative estimate of drug-likeness (QED) is 0.483. The van der Waals surface area contributed by atoms with Crippen LogP contribution in [0.25, 0.3) is 39.3 Å². The fourth-order valence-electron chi connectivity index (χ4n) is 4.23. The van der Waals surface area contributed by atoms with E-state index in [1.165, 1.54) is 0 Å². The SMILES string of the molecule is C=C1C(=O)c2cc3c(cc21)C(=O)/C3=c1/c(O)c2cc3c(=C)c(O)c3cc12. The van der Waals surface area contributed by atoms with Crippen LogP contribution in [0.1, 0.15) is 31.8 Å². The molecule has 26 heavy (non-hydrogen) atoms. The minimum Gasteiger partial charge on any atom is -0.507 e. The lowest BCUT2D eigenvalue weighted by Crippen LogP contribution is -2.31. The Labute approximate surface area is 146 Å². The lowest BCUT2D eigenvalue weighted by atomic mass is 9.71. The molecule has 0 bridgehead atoms. The van der Waals surface area contributed by atoms with Crippen LogP contribution in [-0.2, 0) is 0 Å². The molecule has 122 valence electrons. The molecule has 0 amide bonds. The number of Topliss-reactive ketones (excluding diaryl/α,β-unsaturated/α-hetero) is 2. The third-order valence-corrected chi connectivity index (χ3v) is 5.78. The van der Waals surface area contributed by atoms with E-state index < -0.39 is 0 Å². The van der Waals surface area contributed by atoms with Gasteiger partial charge in [-0.15, -0.1) is 0 Å². The molecule has 0 heterocycles. The van der Waals surface area contributed by atoms with Crippen molar-refractivity contribution in [1.29, 1.82) is 0 Å². The van der Waals surface area contributed by atoms with E-state index in [9.17, 15) is 19.8 Å². The summed E-state index contributed by atoms with van der Waals surface area (Å²) in [6.45, 7) is 7.49. The molecule has 0 fully saturated rings. The van der Waals surface area contributed by atoms with E-state index in [4.69, 9.17) is 0 Å². The van der Waals surface area contributed by atoms with Gasteiger partial charge in [0.1, 0.15) is 11.5 Å². The number of ketones is 2. The molecule has 4 aromatic rings. The first-order valence-electron chi connectivity index (χ1n) is 8.12. The van der Waals surface area contributed by atoms with Gasteiger partial charge in [0, 0.05) is 43.5 Å². The highest BCUT2D eigenvalue weighted by atomic mass is 16.3. The molecule has 0 atom stereocenters. The first-order valence-corrected chi connectivity index (χ1v) is 8.12. The average molecular weight is 338 g/mol. The van der Waals surface area contributed by atoms with Crippen molar-refractivity contribution < 1.29 is 19.8 Å². The third kappa shape index (κ3) is 1.18. The van der Waals surface area contributed by atoms with Crippen LogP contribution in [-0.4, -0.2) is 21.8 Å². The lowest BCUT2D eigenvalue weighted by molar-refractivity contribution is 0.102. The van der Waals surface area contributed by atoms with Crippen LogP contribution < -0.4 is 10.4 Å². The van der Waals surface area contributed by atoms with Crippen LogP contribution >= 0.6 is 0 Å². The van der Waals surface area contributed by atoms with Gasteiger partial charge in [-0.25, -0.2) is 0 Å². The lowest BCUT2D eigenvalue weighted by Gasteiger charge is -2.29. The Morgan fingerprint density at radius 2 is 1.27 bits per heavy atom. The summed E-state index contributed by atoms with van der Waals surface area (Å²) in [4.78, 5) is 24.5. The third-order valence-electron chi connectivity index (χ3n) is 5.78. The second-order valence-electron chi connectivity index (χ2n) is 6.95. The Morgan fingerprint density at radius 3 is 2.04 bits per heavy atom. The van der Waals surface area contributed by atoms with Gasteiger partial charge >= 0.3 is 0 Å². The second-order valence-corrected chi connectivity index (χ2v) is 6.95. The van der Waals surface area contributed by atoms with Crippen LogP contribution in [0.5, 0.6) is 11.5 Å². The Balaban J connectivity index is 1.68. The highest BCUT2D eigenvalue weighted by Crippen LogP contribution is 2.43. The van der Waals surface area contributed by atoms with Crippen molar-refractivity contribution in [1.82, 2.24) is 0 Å². The smallest absolute Gasteiger partial charge is 0.195 e. The van der Waals surface area contributed by atoms with Gasteiger partial charge in [0.05, 0.1) is 0 Å². The molecular weight excluding hydrogens is 328 g/mol. The maximum absolute atomic E-state index is 12.6. The van der Waals surface area contributed by atoms with E-state index in [-0.39, 0.29) is 23.1 Å². The first-order chi connectivity index (χ1) is 12.4. The Kier molecular flexibility index (Phi) is 1.98. The monoisotopic (exact) mass is 338 g/mol. The number of benzene rings is 2. The number of fused-ring (bicyclic) bond motifs is 4. The van der Waals surface area contributed by atoms with Crippen molar-refractivity contribution in [2.45, 2.75) is 0 Å². The fraction of sp³-hybridized carbons (Fsp3) is 0. The van der Waals surface area contributed by atoms with Gasteiger partial charge in [0.2, 0.25) is 0 Å². The molecule has 0 radical (unpaired) electrons. The Hall–Kier alpha value is -3.66. The average Bonchev–Trinajstić information content (AvgIpc) is 2.67. The summed E-state index contributed by atoms with van der Waals surface area (Å²) < 4.78 is 0. The molecule has 0 saturated carbocycles. The summed E-state index contributed by atoms with van der Waals surface area (Å²) >= 11 is 0. The number of carbonyl (C=O) groups is 2. The van der Waals surface area contributed by atoms with Gasteiger partial charge in [0.25, 0.3) is 0 Å². The zero-order chi connectivity index (χ0) is 18.1. The predicted octanol–water partition coefficient (Wildman–Crippen LogP) is 2.29. The van der Waals surface area contributed by atoms with E-state index in [1.54, 1.807) is 24.3 Å². The van der Waals surface area contributed by atoms with Gasteiger partial charge in [-0.05, 0) is 46.2 Å². The largest absolute Gasteiger partial charge is 0.507 e. The van der Waals surface area contributed by atoms with Gasteiger partial charge < -0.3 is 10.2 Å². The maximum atomic E-state index is 12.6. The Bertz CT molecular complexity index is 1500. The number of hydrogen-bond donors (Lipinski definition) is 2.